The van der Waals surface area contributed by atoms with Crippen molar-refractivity contribution in [2.45, 2.75) is 0 Å². The molecule has 48 heavy (non-hydrogen) atoms. The number of hydrogen-bond donors (Lipinski definition) is 0. The van der Waals surface area contributed by atoms with Crippen molar-refractivity contribution < 1.29 is 4.42 Å². The number of rotatable bonds is 2. The minimum Gasteiger partial charge on any atom is -0.456 e. The molecule has 0 saturated heterocycles. The molecule has 0 amide bonds. The van der Waals surface area contributed by atoms with Crippen LogP contribution in [0.4, 0.5) is 0 Å². The standard InChI is InChI=1S/C44H24N2OS/c1-5-16-34-27(11-1)28-12-2-6-17-35(28)45(34)43-40(26-21-22-31-30-14-4-8-19-37(30)47-38(31)24-26)41-33-15-9-10-25-20-23-32-29-13-3-7-18-36(29)46(44(41)48-43)42(32)39(25)33/h1-24H. The largest absolute Gasteiger partial charge is 0.456 e. The summed E-state index contributed by atoms with van der Waals surface area (Å²) in [7, 11) is 0. The van der Waals surface area contributed by atoms with Crippen molar-refractivity contribution in [2.24, 2.45) is 0 Å². The molecule has 0 spiro atoms. The zero-order chi connectivity index (χ0) is 31.1. The van der Waals surface area contributed by atoms with Gasteiger partial charge >= 0.3 is 0 Å². The van der Waals surface area contributed by atoms with Crippen LogP contribution in [0.25, 0.3) is 108 Å². The molecule has 5 heterocycles. The van der Waals surface area contributed by atoms with Crippen molar-refractivity contribution >= 4 is 103 Å². The highest BCUT2D eigenvalue weighted by Crippen LogP contribution is 2.51. The number of furan rings is 1. The van der Waals surface area contributed by atoms with Crippen molar-refractivity contribution in [1.29, 1.82) is 0 Å². The Bertz CT molecular complexity index is 3240. The van der Waals surface area contributed by atoms with Crippen molar-refractivity contribution in [3.05, 3.63) is 146 Å². The summed E-state index contributed by atoms with van der Waals surface area (Å²) in [5.74, 6) is 0. The van der Waals surface area contributed by atoms with Crippen LogP contribution < -0.4 is 0 Å². The number of benzene rings is 7. The summed E-state index contributed by atoms with van der Waals surface area (Å²) in [6, 6.07) is 53.1. The van der Waals surface area contributed by atoms with Crippen LogP contribution in [0.2, 0.25) is 0 Å². The molecule has 0 aliphatic rings. The third kappa shape index (κ3) is 3.00. The fourth-order valence-electron chi connectivity index (χ4n) is 8.51. The van der Waals surface area contributed by atoms with Crippen LogP contribution in [-0.4, -0.2) is 8.97 Å². The molecule has 12 aromatic rings. The molecule has 4 heteroatoms. The smallest absolute Gasteiger partial charge is 0.136 e. The molecule has 0 radical (unpaired) electrons. The van der Waals surface area contributed by atoms with Crippen molar-refractivity contribution in [3.63, 3.8) is 0 Å². The van der Waals surface area contributed by atoms with Crippen LogP contribution in [0.1, 0.15) is 0 Å². The Morgan fingerprint density at radius 1 is 0.458 bits per heavy atom. The zero-order valence-corrected chi connectivity index (χ0v) is 26.4. The van der Waals surface area contributed by atoms with Gasteiger partial charge in [-0.3, -0.25) is 4.40 Å². The molecule has 0 atom stereocenters. The van der Waals surface area contributed by atoms with Gasteiger partial charge in [-0.1, -0.05) is 121 Å². The normalized spacial score (nSPS) is 12.6. The van der Waals surface area contributed by atoms with E-state index in [1.54, 1.807) is 0 Å². The Morgan fingerprint density at radius 3 is 1.88 bits per heavy atom. The molecule has 0 saturated carbocycles. The van der Waals surface area contributed by atoms with Crippen molar-refractivity contribution in [3.8, 4) is 16.1 Å². The molecule has 0 aliphatic carbocycles. The summed E-state index contributed by atoms with van der Waals surface area (Å²) in [6.45, 7) is 0. The molecule has 0 aliphatic heterocycles. The fourth-order valence-corrected chi connectivity index (χ4v) is 9.90. The molecule has 3 nitrogen and oxygen atoms in total. The van der Waals surface area contributed by atoms with Gasteiger partial charge in [-0.2, -0.15) is 0 Å². The van der Waals surface area contributed by atoms with Gasteiger partial charge < -0.3 is 8.98 Å². The van der Waals surface area contributed by atoms with E-state index in [1.807, 2.05) is 17.4 Å². The molecule has 0 bridgehead atoms. The number of hydrogen-bond acceptors (Lipinski definition) is 2. The summed E-state index contributed by atoms with van der Waals surface area (Å²) in [4.78, 5) is 1.25. The van der Waals surface area contributed by atoms with Gasteiger partial charge in [0, 0.05) is 48.7 Å². The Balaban J connectivity index is 1.35. The zero-order valence-electron chi connectivity index (χ0n) is 25.6. The van der Waals surface area contributed by atoms with Crippen molar-refractivity contribution in [1.82, 2.24) is 8.97 Å². The summed E-state index contributed by atoms with van der Waals surface area (Å²) in [6.07, 6.45) is 0. The lowest BCUT2D eigenvalue weighted by molar-refractivity contribution is 0.669. The number of para-hydroxylation sites is 4. The molecule has 222 valence electrons. The first kappa shape index (κ1) is 25.0. The number of nitrogens with zero attached hydrogens (tertiary/aromatic N) is 2. The van der Waals surface area contributed by atoms with Gasteiger partial charge in [0.2, 0.25) is 0 Å². The Kier molecular flexibility index (Phi) is 4.60. The van der Waals surface area contributed by atoms with E-state index in [2.05, 4.69) is 148 Å². The Hall–Kier alpha value is -6.10. The topological polar surface area (TPSA) is 22.5 Å². The highest BCUT2D eigenvalue weighted by molar-refractivity contribution is 7.22. The van der Waals surface area contributed by atoms with Crippen LogP contribution in [0, 0.1) is 0 Å². The average molecular weight is 629 g/mol. The third-order valence-corrected chi connectivity index (χ3v) is 11.6. The summed E-state index contributed by atoms with van der Waals surface area (Å²) >= 11 is 1.89. The Morgan fingerprint density at radius 2 is 1.08 bits per heavy atom. The third-order valence-electron chi connectivity index (χ3n) is 10.5. The van der Waals surface area contributed by atoms with E-state index in [0.717, 1.165) is 27.5 Å². The van der Waals surface area contributed by atoms with Crippen LogP contribution in [0.15, 0.2) is 150 Å². The highest BCUT2D eigenvalue weighted by Gasteiger charge is 2.27. The average Bonchev–Trinajstić information content (AvgIpc) is 3.89. The summed E-state index contributed by atoms with van der Waals surface area (Å²) in [5, 5.41) is 13.7. The van der Waals surface area contributed by atoms with Gasteiger partial charge in [0.1, 0.15) is 21.0 Å². The van der Waals surface area contributed by atoms with E-state index >= 15 is 0 Å². The van der Waals surface area contributed by atoms with Gasteiger partial charge in [-0.25, -0.2) is 0 Å². The molecule has 0 fully saturated rings. The minimum absolute atomic E-state index is 0.907. The molecule has 0 N–H and O–H groups in total. The molecule has 12 rings (SSSR count). The van der Waals surface area contributed by atoms with E-state index in [9.17, 15) is 0 Å². The summed E-state index contributed by atoms with van der Waals surface area (Å²) < 4.78 is 11.5. The SMILES string of the molecule is c1ccc2c(c1)oc1cc(-c3c(-n4c5ccccc5c5ccccc54)sc4c3c3cccc5ccc6c7ccccc7n4c6c53)ccc12. The van der Waals surface area contributed by atoms with E-state index in [1.165, 1.54) is 80.6 Å². The maximum Gasteiger partial charge on any atom is 0.136 e. The van der Waals surface area contributed by atoms with Crippen LogP contribution in [-0.2, 0) is 0 Å². The Labute approximate surface area is 277 Å². The van der Waals surface area contributed by atoms with Crippen LogP contribution in [0.3, 0.4) is 0 Å². The summed E-state index contributed by atoms with van der Waals surface area (Å²) in [5.41, 5.74) is 9.17. The first-order valence-electron chi connectivity index (χ1n) is 16.4. The quantitative estimate of drug-likeness (QED) is 0.187. The lowest BCUT2D eigenvalue weighted by atomic mass is 9.96. The van der Waals surface area contributed by atoms with E-state index in [0.29, 0.717) is 0 Å². The molecule has 0 unspecified atom stereocenters. The number of fused-ring (bicyclic) bond motifs is 12. The van der Waals surface area contributed by atoms with Gasteiger partial charge in [-0.15, -0.1) is 0 Å². The van der Waals surface area contributed by atoms with Crippen LogP contribution in [0.5, 0.6) is 0 Å². The molecular weight excluding hydrogens is 605 g/mol. The number of thiophene rings is 1. The van der Waals surface area contributed by atoms with Gasteiger partial charge in [0.25, 0.3) is 0 Å². The van der Waals surface area contributed by atoms with Gasteiger partial charge in [-0.05, 0) is 52.7 Å². The van der Waals surface area contributed by atoms with Gasteiger partial charge in [0.05, 0.1) is 22.1 Å². The van der Waals surface area contributed by atoms with E-state index < -0.39 is 0 Å². The maximum absolute atomic E-state index is 6.50. The number of pyridine rings is 1. The lowest BCUT2D eigenvalue weighted by Gasteiger charge is -2.13. The highest BCUT2D eigenvalue weighted by atomic mass is 32.1. The van der Waals surface area contributed by atoms with Crippen LogP contribution >= 0.6 is 11.3 Å². The number of aromatic nitrogens is 2. The monoisotopic (exact) mass is 628 g/mol. The second kappa shape index (κ2) is 8.82. The molecule has 7 aromatic carbocycles. The van der Waals surface area contributed by atoms with E-state index in [-0.39, 0.29) is 0 Å². The molecule has 5 aromatic heterocycles. The second-order valence-electron chi connectivity index (χ2n) is 12.9. The predicted molar refractivity (Wildman–Crippen MR) is 204 cm³/mol. The maximum atomic E-state index is 6.50. The second-order valence-corrected chi connectivity index (χ2v) is 13.8. The fraction of sp³-hybridized carbons (Fsp3) is 0. The van der Waals surface area contributed by atoms with E-state index in [4.69, 9.17) is 4.42 Å². The first-order chi connectivity index (χ1) is 23.8. The van der Waals surface area contributed by atoms with Gasteiger partial charge in [0.15, 0.2) is 0 Å². The lowest BCUT2D eigenvalue weighted by Crippen LogP contribution is -1.94. The first-order valence-corrected chi connectivity index (χ1v) is 17.2. The van der Waals surface area contributed by atoms with Crippen molar-refractivity contribution in [2.75, 3.05) is 0 Å². The predicted octanol–water partition coefficient (Wildman–Crippen LogP) is 12.7. The minimum atomic E-state index is 0.907. The molecular formula is C44H24N2OS.